The fourth-order valence-electron chi connectivity index (χ4n) is 2.25. The molecule has 1 unspecified atom stereocenters. The molecule has 0 saturated carbocycles. The van der Waals surface area contributed by atoms with Crippen molar-refractivity contribution in [2.75, 3.05) is 0 Å². The van der Waals surface area contributed by atoms with E-state index in [2.05, 4.69) is 16.8 Å². The minimum Gasteiger partial charge on any atom is -0.440 e. The molecule has 0 fully saturated rings. The number of nitrogens with zero attached hydrogens (tertiary/aromatic N) is 3. The summed E-state index contributed by atoms with van der Waals surface area (Å²) in [6.45, 7) is 2.18. The van der Waals surface area contributed by atoms with Gasteiger partial charge < -0.3 is 20.0 Å². The maximum Gasteiger partial charge on any atom is 0.392 e. The number of nitro groups is 1. The molecule has 0 amide bonds. The van der Waals surface area contributed by atoms with E-state index in [-0.39, 0.29) is 30.2 Å². The van der Waals surface area contributed by atoms with Crippen molar-refractivity contribution in [3.05, 3.63) is 51.2 Å². The van der Waals surface area contributed by atoms with Gasteiger partial charge in [-0.3, -0.25) is 0 Å². The van der Waals surface area contributed by atoms with Crippen LogP contribution >= 0.6 is 0 Å². The largest absolute Gasteiger partial charge is 0.440 e. The lowest BCUT2D eigenvalue weighted by Crippen LogP contribution is -2.10. The van der Waals surface area contributed by atoms with Crippen LogP contribution in [0.5, 0.6) is 6.01 Å². The van der Waals surface area contributed by atoms with E-state index < -0.39 is 4.92 Å². The second kappa shape index (κ2) is 5.50. The van der Waals surface area contributed by atoms with Gasteiger partial charge in [-0.2, -0.15) is 9.55 Å². The van der Waals surface area contributed by atoms with E-state index in [1.807, 2.05) is 6.92 Å². The number of aromatic nitrogens is 2. The van der Waals surface area contributed by atoms with E-state index in [1.165, 1.54) is 4.57 Å². The summed E-state index contributed by atoms with van der Waals surface area (Å²) in [4.78, 5) is 14.8. The Balaban J connectivity index is 1.95. The average molecular weight is 299 g/mol. The summed E-state index contributed by atoms with van der Waals surface area (Å²) in [6, 6.07) is 7.21. The first-order valence-corrected chi connectivity index (χ1v) is 6.72. The molecule has 0 bridgehead atoms. The van der Waals surface area contributed by atoms with Crippen molar-refractivity contribution < 1.29 is 14.8 Å². The van der Waals surface area contributed by atoms with Crippen LogP contribution in [0.25, 0.3) is 0 Å². The smallest absolute Gasteiger partial charge is 0.392 e. The van der Waals surface area contributed by atoms with Crippen LogP contribution in [0.4, 0.5) is 5.82 Å². The number of ether oxygens (including phenoxy) is 1. The normalized spacial score (nSPS) is 15.6. The van der Waals surface area contributed by atoms with Crippen molar-refractivity contribution in [1.82, 2.24) is 9.55 Å². The van der Waals surface area contributed by atoms with Crippen molar-refractivity contribution in [2.45, 2.75) is 26.2 Å². The Bertz CT molecular complexity index is 784. The SMILES string of the molecule is CC1Cn2c(nc(C#Cc3ccc(CO)cc3)c2[N+](=O)[O-])O1. The van der Waals surface area contributed by atoms with E-state index >= 15 is 0 Å². The second-order valence-electron chi connectivity index (χ2n) is 4.97. The maximum atomic E-state index is 11.2. The summed E-state index contributed by atoms with van der Waals surface area (Å²) < 4.78 is 6.85. The molecule has 1 aromatic heterocycles. The lowest BCUT2D eigenvalue weighted by molar-refractivity contribution is -0.392. The minimum absolute atomic E-state index is 0.0392. The number of fused-ring (bicyclic) bond motifs is 1. The number of benzene rings is 1. The van der Waals surface area contributed by atoms with Gasteiger partial charge in [-0.15, -0.1) is 0 Å². The Hall–Kier alpha value is -2.85. The third kappa shape index (κ3) is 2.52. The molecule has 7 heteroatoms. The van der Waals surface area contributed by atoms with E-state index in [4.69, 9.17) is 9.84 Å². The Kier molecular flexibility index (Phi) is 3.53. The molecule has 112 valence electrons. The number of aliphatic hydroxyl groups excluding tert-OH is 1. The van der Waals surface area contributed by atoms with Gasteiger partial charge in [0.05, 0.1) is 6.61 Å². The van der Waals surface area contributed by atoms with E-state index in [0.29, 0.717) is 12.1 Å². The highest BCUT2D eigenvalue weighted by Crippen LogP contribution is 2.30. The molecule has 1 N–H and O–H groups in total. The van der Waals surface area contributed by atoms with Gasteiger partial charge in [0.2, 0.25) is 5.69 Å². The molecule has 0 radical (unpaired) electrons. The Morgan fingerprint density at radius 2 is 2.18 bits per heavy atom. The summed E-state index contributed by atoms with van der Waals surface area (Å²) in [5.74, 6) is 5.43. The van der Waals surface area contributed by atoms with Crippen molar-refractivity contribution in [1.29, 1.82) is 0 Å². The summed E-state index contributed by atoms with van der Waals surface area (Å²) in [6.07, 6.45) is -0.130. The Morgan fingerprint density at radius 3 is 2.82 bits per heavy atom. The zero-order chi connectivity index (χ0) is 15.7. The van der Waals surface area contributed by atoms with Gasteiger partial charge in [-0.05, 0) is 35.5 Å². The fraction of sp³-hybridized carbons (Fsp3) is 0.267. The highest BCUT2D eigenvalue weighted by atomic mass is 16.6. The molecular weight excluding hydrogens is 286 g/mol. The standard InChI is InChI=1S/C15H13N3O4/c1-10-8-17-14(18(20)21)13(16-15(17)22-10)7-6-11-2-4-12(9-19)5-3-11/h2-5,10,19H,8-9H2,1H3. The molecule has 0 aliphatic carbocycles. The van der Waals surface area contributed by atoms with Crippen molar-refractivity contribution in [2.24, 2.45) is 0 Å². The predicted molar refractivity (Wildman–Crippen MR) is 77.3 cm³/mol. The highest BCUT2D eigenvalue weighted by molar-refractivity contribution is 5.49. The van der Waals surface area contributed by atoms with Crippen LogP contribution in [0.2, 0.25) is 0 Å². The van der Waals surface area contributed by atoms with Crippen LogP contribution in [0.1, 0.15) is 23.7 Å². The molecule has 0 spiro atoms. The molecule has 0 saturated heterocycles. The van der Waals surface area contributed by atoms with Gasteiger partial charge in [0.1, 0.15) is 12.6 Å². The lowest BCUT2D eigenvalue weighted by atomic mass is 10.1. The van der Waals surface area contributed by atoms with Crippen LogP contribution in [0.3, 0.4) is 0 Å². The molecule has 1 atom stereocenters. The van der Waals surface area contributed by atoms with Crippen LogP contribution < -0.4 is 4.74 Å². The van der Waals surface area contributed by atoms with E-state index in [0.717, 1.165) is 5.56 Å². The van der Waals surface area contributed by atoms with Gasteiger partial charge in [-0.25, -0.2) is 0 Å². The van der Waals surface area contributed by atoms with E-state index in [9.17, 15) is 10.1 Å². The Morgan fingerprint density at radius 1 is 1.45 bits per heavy atom. The first-order valence-electron chi connectivity index (χ1n) is 6.72. The first-order chi connectivity index (χ1) is 10.6. The maximum absolute atomic E-state index is 11.2. The zero-order valence-electron chi connectivity index (χ0n) is 11.8. The number of hydrogen-bond donors (Lipinski definition) is 1. The molecule has 1 aliphatic heterocycles. The van der Waals surface area contributed by atoms with Gasteiger partial charge in [0.15, 0.2) is 0 Å². The van der Waals surface area contributed by atoms with Crippen LogP contribution in [-0.4, -0.2) is 25.7 Å². The summed E-state index contributed by atoms with van der Waals surface area (Å²) in [5.41, 5.74) is 1.56. The van der Waals surface area contributed by atoms with Crippen LogP contribution in [0.15, 0.2) is 24.3 Å². The third-order valence-corrected chi connectivity index (χ3v) is 3.29. The highest BCUT2D eigenvalue weighted by Gasteiger charge is 2.35. The molecule has 7 nitrogen and oxygen atoms in total. The molecule has 1 aliphatic rings. The summed E-state index contributed by atoms with van der Waals surface area (Å²) in [5, 5.41) is 20.2. The topological polar surface area (TPSA) is 90.4 Å². The molecule has 2 aromatic rings. The summed E-state index contributed by atoms with van der Waals surface area (Å²) in [7, 11) is 0. The van der Waals surface area contributed by atoms with Gasteiger partial charge >= 0.3 is 11.8 Å². The monoisotopic (exact) mass is 299 g/mol. The van der Waals surface area contributed by atoms with Crippen molar-refractivity contribution in [3.8, 4) is 17.9 Å². The van der Waals surface area contributed by atoms with Crippen molar-refractivity contribution >= 4 is 5.82 Å². The molecular formula is C15H13N3O4. The molecule has 3 rings (SSSR count). The minimum atomic E-state index is -0.489. The predicted octanol–water partition coefficient (Wildman–Crippen LogP) is 1.46. The number of imidazole rings is 1. The van der Waals surface area contributed by atoms with Gasteiger partial charge in [0, 0.05) is 5.56 Å². The average Bonchev–Trinajstić information content (AvgIpc) is 3.00. The quantitative estimate of drug-likeness (QED) is 0.515. The third-order valence-electron chi connectivity index (χ3n) is 3.29. The Labute approximate surface area is 126 Å². The van der Waals surface area contributed by atoms with Gasteiger partial charge in [-0.1, -0.05) is 18.1 Å². The molecule has 1 aromatic carbocycles. The fourth-order valence-corrected chi connectivity index (χ4v) is 2.25. The molecule has 2 heterocycles. The van der Waals surface area contributed by atoms with Crippen molar-refractivity contribution in [3.63, 3.8) is 0 Å². The number of hydrogen-bond acceptors (Lipinski definition) is 5. The summed E-state index contributed by atoms with van der Waals surface area (Å²) >= 11 is 0. The van der Waals surface area contributed by atoms with Crippen LogP contribution in [-0.2, 0) is 13.2 Å². The first kappa shape index (κ1) is 14.1. The number of rotatable bonds is 2. The molecule has 22 heavy (non-hydrogen) atoms. The zero-order valence-corrected chi connectivity index (χ0v) is 11.8. The number of aliphatic hydroxyl groups is 1. The van der Waals surface area contributed by atoms with Crippen LogP contribution in [0, 0.1) is 22.0 Å². The van der Waals surface area contributed by atoms with E-state index in [1.54, 1.807) is 24.3 Å². The second-order valence-corrected chi connectivity index (χ2v) is 4.97. The lowest BCUT2D eigenvalue weighted by Gasteiger charge is -1.98. The van der Waals surface area contributed by atoms with Gasteiger partial charge in [0.25, 0.3) is 0 Å².